The third-order valence-corrected chi connectivity index (χ3v) is 4.77. The molecule has 0 aliphatic carbocycles. The van der Waals surface area contributed by atoms with Gasteiger partial charge in [-0.2, -0.15) is 0 Å². The Balaban J connectivity index is 1.92. The second kappa shape index (κ2) is 9.33. The molecule has 2 aromatic rings. The number of amides is 2. The lowest BCUT2D eigenvalue weighted by Crippen LogP contribution is -2.30. The van der Waals surface area contributed by atoms with Gasteiger partial charge in [-0.3, -0.25) is 9.59 Å². The minimum Gasteiger partial charge on any atom is -0.339 e. The van der Waals surface area contributed by atoms with Crippen LogP contribution in [0, 0.1) is 11.6 Å². The molecule has 4 nitrogen and oxygen atoms in total. The predicted octanol–water partition coefficient (Wildman–Crippen LogP) is 4.18. The van der Waals surface area contributed by atoms with Crippen molar-refractivity contribution in [2.45, 2.75) is 18.7 Å². The highest BCUT2D eigenvalue weighted by Crippen LogP contribution is 2.22. The summed E-state index contributed by atoms with van der Waals surface area (Å²) >= 11 is 0.987. The minimum atomic E-state index is -0.693. The van der Waals surface area contributed by atoms with Crippen LogP contribution in [0.2, 0.25) is 0 Å². The fraction of sp³-hybridized carbons (Fsp3) is 0.263. The van der Waals surface area contributed by atoms with Crippen molar-refractivity contribution in [3.05, 3.63) is 59.7 Å². The van der Waals surface area contributed by atoms with Crippen LogP contribution in [0.1, 0.15) is 24.2 Å². The van der Waals surface area contributed by atoms with E-state index < -0.39 is 11.6 Å². The first-order valence-corrected chi connectivity index (χ1v) is 9.20. The van der Waals surface area contributed by atoms with Gasteiger partial charge in [0.25, 0.3) is 5.91 Å². The topological polar surface area (TPSA) is 49.4 Å². The van der Waals surface area contributed by atoms with Crippen LogP contribution in [0.4, 0.5) is 14.5 Å². The average molecular weight is 378 g/mol. The number of hydrogen-bond donors (Lipinski definition) is 1. The van der Waals surface area contributed by atoms with Gasteiger partial charge >= 0.3 is 0 Å². The summed E-state index contributed by atoms with van der Waals surface area (Å²) in [6, 6.07) is 9.85. The highest BCUT2D eigenvalue weighted by Gasteiger charge is 2.13. The van der Waals surface area contributed by atoms with E-state index >= 15 is 0 Å². The van der Waals surface area contributed by atoms with E-state index in [2.05, 4.69) is 5.32 Å². The molecule has 7 heteroatoms. The smallest absolute Gasteiger partial charge is 0.253 e. The van der Waals surface area contributed by atoms with E-state index in [-0.39, 0.29) is 22.5 Å². The molecule has 0 spiro atoms. The summed E-state index contributed by atoms with van der Waals surface area (Å²) in [4.78, 5) is 26.1. The van der Waals surface area contributed by atoms with Gasteiger partial charge in [0, 0.05) is 35.3 Å². The van der Waals surface area contributed by atoms with Crippen LogP contribution >= 0.6 is 11.8 Å². The monoisotopic (exact) mass is 378 g/mol. The summed E-state index contributed by atoms with van der Waals surface area (Å²) in [5, 5.41) is 2.69. The first kappa shape index (κ1) is 19.9. The van der Waals surface area contributed by atoms with Gasteiger partial charge in [-0.25, -0.2) is 8.78 Å². The van der Waals surface area contributed by atoms with Crippen molar-refractivity contribution in [3.8, 4) is 0 Å². The number of hydrogen-bond acceptors (Lipinski definition) is 3. The maximum absolute atomic E-state index is 13.5. The molecule has 0 unspecified atom stereocenters. The number of carbonyl (C=O) groups excluding carboxylic acids is 2. The SMILES string of the molecule is CCN(CC)C(=O)c1ccc(NC(=O)CSc2ccc(F)cc2F)cc1. The van der Waals surface area contributed by atoms with Crippen LogP contribution in [-0.2, 0) is 4.79 Å². The zero-order chi connectivity index (χ0) is 19.1. The minimum absolute atomic E-state index is 0.0112. The molecule has 26 heavy (non-hydrogen) atoms. The first-order chi connectivity index (χ1) is 12.4. The molecule has 0 radical (unpaired) electrons. The van der Waals surface area contributed by atoms with Crippen molar-refractivity contribution in [2.75, 3.05) is 24.2 Å². The molecule has 2 aromatic carbocycles. The fourth-order valence-corrected chi connectivity index (χ4v) is 3.04. The van der Waals surface area contributed by atoms with Gasteiger partial charge in [0.1, 0.15) is 11.6 Å². The van der Waals surface area contributed by atoms with E-state index in [0.717, 1.165) is 23.9 Å². The summed E-state index contributed by atoms with van der Waals surface area (Å²) in [6.07, 6.45) is 0. The molecule has 2 rings (SSSR count). The Morgan fingerprint density at radius 1 is 1.04 bits per heavy atom. The third-order valence-electron chi connectivity index (χ3n) is 3.72. The van der Waals surface area contributed by atoms with Gasteiger partial charge in [0.2, 0.25) is 5.91 Å². The molecule has 0 saturated heterocycles. The third kappa shape index (κ3) is 5.29. The Morgan fingerprint density at radius 3 is 2.27 bits per heavy atom. The van der Waals surface area contributed by atoms with Crippen molar-refractivity contribution in [1.82, 2.24) is 4.90 Å². The van der Waals surface area contributed by atoms with Gasteiger partial charge in [0.05, 0.1) is 5.75 Å². The van der Waals surface area contributed by atoms with Crippen LogP contribution in [0.25, 0.3) is 0 Å². The number of rotatable bonds is 7. The van der Waals surface area contributed by atoms with E-state index in [9.17, 15) is 18.4 Å². The van der Waals surface area contributed by atoms with Crippen molar-refractivity contribution >= 4 is 29.3 Å². The molecule has 0 saturated carbocycles. The summed E-state index contributed by atoms with van der Waals surface area (Å²) in [5.41, 5.74) is 1.10. The van der Waals surface area contributed by atoms with Crippen LogP contribution in [0.15, 0.2) is 47.4 Å². The highest BCUT2D eigenvalue weighted by atomic mass is 32.2. The molecule has 0 atom stereocenters. The number of halogens is 2. The molecule has 138 valence electrons. The first-order valence-electron chi connectivity index (χ1n) is 8.21. The Bertz CT molecular complexity index is 778. The number of nitrogens with one attached hydrogen (secondary N) is 1. The van der Waals surface area contributed by atoms with E-state index in [4.69, 9.17) is 0 Å². The molecule has 0 aliphatic heterocycles. The van der Waals surface area contributed by atoms with E-state index in [0.29, 0.717) is 24.3 Å². The number of thioether (sulfide) groups is 1. The average Bonchev–Trinajstić information content (AvgIpc) is 2.62. The Hall–Kier alpha value is -2.41. The lowest BCUT2D eigenvalue weighted by molar-refractivity contribution is -0.113. The number of carbonyl (C=O) groups is 2. The molecule has 0 aliphatic rings. The zero-order valence-corrected chi connectivity index (χ0v) is 15.4. The second-order valence-electron chi connectivity index (χ2n) is 5.47. The van der Waals surface area contributed by atoms with Crippen molar-refractivity contribution < 1.29 is 18.4 Å². The number of benzene rings is 2. The predicted molar refractivity (Wildman–Crippen MR) is 99.4 cm³/mol. The largest absolute Gasteiger partial charge is 0.339 e. The lowest BCUT2D eigenvalue weighted by Gasteiger charge is -2.18. The standard InChI is InChI=1S/C19H20F2N2O2S/c1-3-23(4-2)19(25)13-5-8-15(9-6-13)22-18(24)12-26-17-10-7-14(20)11-16(17)21/h5-11H,3-4,12H2,1-2H3,(H,22,24). The molecular formula is C19H20F2N2O2S. The molecule has 0 bridgehead atoms. The number of nitrogens with zero attached hydrogens (tertiary/aromatic N) is 1. The summed E-state index contributed by atoms with van der Waals surface area (Å²) < 4.78 is 26.4. The highest BCUT2D eigenvalue weighted by molar-refractivity contribution is 8.00. The van der Waals surface area contributed by atoms with E-state index in [1.165, 1.54) is 6.07 Å². The Morgan fingerprint density at radius 2 is 1.69 bits per heavy atom. The van der Waals surface area contributed by atoms with Crippen LogP contribution < -0.4 is 5.32 Å². The van der Waals surface area contributed by atoms with Gasteiger partial charge in [-0.15, -0.1) is 11.8 Å². The van der Waals surface area contributed by atoms with Crippen LogP contribution in [0.5, 0.6) is 0 Å². The molecule has 2 amide bonds. The quantitative estimate of drug-likeness (QED) is 0.736. The van der Waals surface area contributed by atoms with Gasteiger partial charge in [-0.1, -0.05) is 0 Å². The molecular weight excluding hydrogens is 358 g/mol. The van der Waals surface area contributed by atoms with Crippen LogP contribution in [-0.4, -0.2) is 35.6 Å². The molecule has 0 fully saturated rings. The molecule has 1 N–H and O–H groups in total. The van der Waals surface area contributed by atoms with Crippen molar-refractivity contribution in [2.24, 2.45) is 0 Å². The zero-order valence-electron chi connectivity index (χ0n) is 14.6. The molecule has 0 heterocycles. The summed E-state index contributed by atoms with van der Waals surface area (Å²) in [7, 11) is 0. The Labute approximate surface area is 155 Å². The van der Waals surface area contributed by atoms with Crippen molar-refractivity contribution in [3.63, 3.8) is 0 Å². The lowest BCUT2D eigenvalue weighted by atomic mass is 10.2. The van der Waals surface area contributed by atoms with Gasteiger partial charge in [0.15, 0.2) is 0 Å². The van der Waals surface area contributed by atoms with Gasteiger partial charge in [-0.05, 0) is 50.2 Å². The van der Waals surface area contributed by atoms with E-state index in [1.807, 2.05) is 13.8 Å². The maximum atomic E-state index is 13.5. The summed E-state index contributed by atoms with van der Waals surface area (Å²) in [6.45, 7) is 5.09. The normalized spacial score (nSPS) is 10.5. The maximum Gasteiger partial charge on any atom is 0.253 e. The van der Waals surface area contributed by atoms with Gasteiger partial charge < -0.3 is 10.2 Å². The van der Waals surface area contributed by atoms with E-state index in [1.54, 1.807) is 29.2 Å². The van der Waals surface area contributed by atoms with Crippen LogP contribution in [0.3, 0.4) is 0 Å². The fourth-order valence-electron chi connectivity index (χ4n) is 2.32. The number of anilines is 1. The van der Waals surface area contributed by atoms with Crippen molar-refractivity contribution in [1.29, 1.82) is 0 Å². The second-order valence-corrected chi connectivity index (χ2v) is 6.48. The Kier molecular flexibility index (Phi) is 7.15. The summed E-state index contributed by atoms with van der Waals surface area (Å²) in [5.74, 6) is -1.74. The molecule has 0 aromatic heterocycles.